The van der Waals surface area contributed by atoms with Crippen molar-refractivity contribution in [2.75, 3.05) is 23.9 Å². The maximum atomic E-state index is 13.5. The van der Waals surface area contributed by atoms with Crippen LogP contribution in [0.3, 0.4) is 0 Å². The number of hydrogen-bond donors (Lipinski definition) is 2. The van der Waals surface area contributed by atoms with Gasteiger partial charge in [-0.1, -0.05) is 0 Å². The van der Waals surface area contributed by atoms with E-state index in [1.54, 1.807) is 11.8 Å². The van der Waals surface area contributed by atoms with Crippen molar-refractivity contribution in [3.8, 4) is 0 Å². The fourth-order valence-electron chi connectivity index (χ4n) is 1.86. The molecule has 18 heavy (non-hydrogen) atoms. The van der Waals surface area contributed by atoms with Gasteiger partial charge in [-0.25, -0.2) is 8.78 Å². The number of halogens is 2. The number of benzene rings is 1. The monoisotopic (exact) mass is 272 g/mol. The summed E-state index contributed by atoms with van der Waals surface area (Å²) >= 11 is 1.76. The van der Waals surface area contributed by atoms with Crippen LogP contribution in [0, 0.1) is 11.6 Å². The standard InChI is InChI=1S/C12H14F2N2OS/c1-15-11-9(13)4-7(5-10(11)14)12(17)16-8-2-3-18-6-8/h4-5,8,15H,2-3,6H2,1H3,(H,16,17). The highest BCUT2D eigenvalue weighted by atomic mass is 32.2. The Morgan fingerprint density at radius 2 is 2.06 bits per heavy atom. The number of hydrogen-bond acceptors (Lipinski definition) is 3. The fraction of sp³-hybridized carbons (Fsp3) is 0.417. The molecule has 6 heteroatoms. The lowest BCUT2D eigenvalue weighted by molar-refractivity contribution is 0.0940. The van der Waals surface area contributed by atoms with Crippen LogP contribution in [0.1, 0.15) is 16.8 Å². The van der Waals surface area contributed by atoms with Crippen molar-refractivity contribution in [3.63, 3.8) is 0 Å². The molecule has 0 saturated carbocycles. The van der Waals surface area contributed by atoms with Gasteiger partial charge in [0.15, 0.2) is 0 Å². The zero-order valence-corrected chi connectivity index (χ0v) is 10.7. The van der Waals surface area contributed by atoms with Crippen molar-refractivity contribution < 1.29 is 13.6 Å². The molecule has 1 amide bonds. The number of amides is 1. The summed E-state index contributed by atoms with van der Waals surface area (Å²) in [5, 5.41) is 5.19. The minimum Gasteiger partial charge on any atom is -0.383 e. The van der Waals surface area contributed by atoms with E-state index in [0.717, 1.165) is 30.1 Å². The first-order valence-corrected chi connectivity index (χ1v) is 6.82. The highest BCUT2D eigenvalue weighted by molar-refractivity contribution is 7.99. The predicted octanol–water partition coefficient (Wildman–Crippen LogP) is 2.24. The van der Waals surface area contributed by atoms with Gasteiger partial charge in [-0.3, -0.25) is 4.79 Å². The third kappa shape index (κ3) is 2.75. The molecule has 1 unspecified atom stereocenters. The van der Waals surface area contributed by atoms with Crippen LogP contribution in [-0.2, 0) is 0 Å². The molecular formula is C12H14F2N2OS. The molecule has 0 aliphatic carbocycles. The zero-order valence-electron chi connectivity index (χ0n) is 9.93. The largest absolute Gasteiger partial charge is 0.383 e. The topological polar surface area (TPSA) is 41.1 Å². The summed E-state index contributed by atoms with van der Waals surface area (Å²) in [6.07, 6.45) is 0.899. The molecule has 1 aromatic carbocycles. The molecule has 98 valence electrons. The first-order chi connectivity index (χ1) is 8.61. The maximum absolute atomic E-state index is 13.5. The van der Waals surface area contributed by atoms with Gasteiger partial charge in [-0.15, -0.1) is 0 Å². The molecule has 2 N–H and O–H groups in total. The Morgan fingerprint density at radius 1 is 1.39 bits per heavy atom. The van der Waals surface area contributed by atoms with Crippen LogP contribution in [0.5, 0.6) is 0 Å². The summed E-state index contributed by atoms with van der Waals surface area (Å²) in [5.74, 6) is -0.0904. The van der Waals surface area contributed by atoms with Crippen LogP contribution < -0.4 is 10.6 Å². The van der Waals surface area contributed by atoms with E-state index in [2.05, 4.69) is 10.6 Å². The third-order valence-electron chi connectivity index (χ3n) is 2.82. The molecule has 1 fully saturated rings. The summed E-state index contributed by atoms with van der Waals surface area (Å²) < 4.78 is 27.0. The molecule has 0 spiro atoms. The number of thioether (sulfide) groups is 1. The molecule has 1 aromatic rings. The zero-order chi connectivity index (χ0) is 13.1. The van der Waals surface area contributed by atoms with Crippen molar-refractivity contribution in [1.82, 2.24) is 5.32 Å². The highest BCUT2D eigenvalue weighted by Gasteiger charge is 2.20. The van der Waals surface area contributed by atoms with Crippen molar-refractivity contribution in [1.29, 1.82) is 0 Å². The van der Waals surface area contributed by atoms with Crippen LogP contribution in [0.4, 0.5) is 14.5 Å². The highest BCUT2D eigenvalue weighted by Crippen LogP contribution is 2.21. The lowest BCUT2D eigenvalue weighted by Crippen LogP contribution is -2.34. The van der Waals surface area contributed by atoms with Crippen LogP contribution in [0.15, 0.2) is 12.1 Å². The average molecular weight is 272 g/mol. The van der Waals surface area contributed by atoms with Crippen molar-refractivity contribution in [2.45, 2.75) is 12.5 Å². The molecule has 0 aromatic heterocycles. The van der Waals surface area contributed by atoms with E-state index >= 15 is 0 Å². The Bertz CT molecular complexity index is 438. The smallest absolute Gasteiger partial charge is 0.251 e. The van der Waals surface area contributed by atoms with Gasteiger partial charge < -0.3 is 10.6 Å². The number of carbonyl (C=O) groups is 1. The Balaban J connectivity index is 2.15. The van der Waals surface area contributed by atoms with E-state index < -0.39 is 17.5 Å². The van der Waals surface area contributed by atoms with Gasteiger partial charge in [-0.05, 0) is 24.3 Å². The summed E-state index contributed by atoms with van der Waals surface area (Å²) in [6, 6.07) is 2.19. The minimum absolute atomic E-state index is 0.0147. The second-order valence-electron chi connectivity index (χ2n) is 4.10. The number of carbonyl (C=O) groups excluding carboxylic acids is 1. The average Bonchev–Trinajstić information content (AvgIpc) is 2.81. The number of anilines is 1. The summed E-state index contributed by atoms with van der Waals surface area (Å²) in [7, 11) is 1.43. The normalized spacial score (nSPS) is 18.7. The van der Waals surface area contributed by atoms with Crippen LogP contribution in [0.2, 0.25) is 0 Å². The second-order valence-corrected chi connectivity index (χ2v) is 5.25. The number of rotatable bonds is 3. The molecule has 1 aliphatic heterocycles. The number of nitrogens with one attached hydrogen (secondary N) is 2. The van der Waals surface area contributed by atoms with Gasteiger partial charge in [0.25, 0.3) is 5.91 Å². The lowest BCUT2D eigenvalue weighted by atomic mass is 10.1. The fourth-order valence-corrected chi connectivity index (χ4v) is 3.01. The minimum atomic E-state index is -0.761. The van der Waals surface area contributed by atoms with Crippen LogP contribution in [-0.4, -0.2) is 30.5 Å². The van der Waals surface area contributed by atoms with Gasteiger partial charge in [-0.2, -0.15) is 11.8 Å². The molecular weight excluding hydrogens is 258 g/mol. The van der Waals surface area contributed by atoms with Crippen molar-refractivity contribution >= 4 is 23.4 Å². The van der Waals surface area contributed by atoms with Gasteiger partial charge in [0.05, 0.1) is 0 Å². The van der Waals surface area contributed by atoms with Gasteiger partial charge in [0.1, 0.15) is 17.3 Å². The molecule has 1 heterocycles. The van der Waals surface area contributed by atoms with Gasteiger partial charge in [0.2, 0.25) is 0 Å². The molecule has 1 saturated heterocycles. The van der Waals surface area contributed by atoms with E-state index in [4.69, 9.17) is 0 Å². The first kappa shape index (κ1) is 13.1. The first-order valence-electron chi connectivity index (χ1n) is 5.67. The van der Waals surface area contributed by atoms with Crippen molar-refractivity contribution in [3.05, 3.63) is 29.3 Å². The van der Waals surface area contributed by atoms with E-state index in [-0.39, 0.29) is 17.3 Å². The Kier molecular flexibility index (Phi) is 4.06. The maximum Gasteiger partial charge on any atom is 0.251 e. The molecule has 2 rings (SSSR count). The quantitative estimate of drug-likeness (QED) is 0.886. The Morgan fingerprint density at radius 3 is 2.56 bits per heavy atom. The van der Waals surface area contributed by atoms with E-state index in [0.29, 0.717) is 0 Å². The Labute approximate surface area is 108 Å². The molecule has 0 radical (unpaired) electrons. The second kappa shape index (κ2) is 5.56. The summed E-state index contributed by atoms with van der Waals surface area (Å²) in [5.41, 5.74) is -0.205. The SMILES string of the molecule is CNc1c(F)cc(C(=O)NC2CCSC2)cc1F. The van der Waals surface area contributed by atoms with E-state index in [1.807, 2.05) is 0 Å². The summed E-state index contributed by atoms with van der Waals surface area (Å²) in [4.78, 5) is 11.8. The lowest BCUT2D eigenvalue weighted by Gasteiger charge is -2.12. The molecule has 1 aliphatic rings. The molecule has 3 nitrogen and oxygen atoms in total. The van der Waals surface area contributed by atoms with E-state index in [9.17, 15) is 13.6 Å². The third-order valence-corrected chi connectivity index (χ3v) is 3.98. The van der Waals surface area contributed by atoms with Crippen LogP contribution >= 0.6 is 11.8 Å². The van der Waals surface area contributed by atoms with Gasteiger partial charge >= 0.3 is 0 Å². The van der Waals surface area contributed by atoms with E-state index in [1.165, 1.54) is 7.05 Å². The summed E-state index contributed by atoms with van der Waals surface area (Å²) in [6.45, 7) is 0. The van der Waals surface area contributed by atoms with Gasteiger partial charge in [0, 0.05) is 24.4 Å². The van der Waals surface area contributed by atoms with Crippen LogP contribution in [0.25, 0.3) is 0 Å². The molecule has 0 bridgehead atoms. The van der Waals surface area contributed by atoms with Crippen molar-refractivity contribution in [2.24, 2.45) is 0 Å². The molecule has 1 atom stereocenters. The predicted molar refractivity (Wildman–Crippen MR) is 69.1 cm³/mol. The Hall–Kier alpha value is -1.30.